The van der Waals surface area contributed by atoms with Gasteiger partial charge in [0.25, 0.3) is 0 Å². The molecule has 2 N–H and O–H groups in total. The highest BCUT2D eigenvalue weighted by Crippen LogP contribution is 2.26. The van der Waals surface area contributed by atoms with E-state index < -0.39 is 0 Å². The van der Waals surface area contributed by atoms with Crippen molar-refractivity contribution in [3.8, 4) is 5.75 Å². The molecule has 0 heterocycles. The van der Waals surface area contributed by atoms with Crippen LogP contribution in [0.4, 0.5) is 5.69 Å². The van der Waals surface area contributed by atoms with E-state index in [0.717, 1.165) is 0 Å². The van der Waals surface area contributed by atoms with E-state index in [1.165, 1.54) is 6.07 Å². The third-order valence-electron chi connectivity index (χ3n) is 1.35. The van der Waals surface area contributed by atoms with Gasteiger partial charge in [-0.2, -0.15) is 0 Å². The smallest absolute Gasteiger partial charge is 0.235 e. The first-order valence-corrected chi connectivity index (χ1v) is 5.39. The first-order valence-electron chi connectivity index (χ1n) is 3.48. The number of phenols is 1. The molecular formula is C8H7Br2NO2. The van der Waals surface area contributed by atoms with Gasteiger partial charge in [-0.1, -0.05) is 15.9 Å². The Kier molecular flexibility index (Phi) is 3.74. The van der Waals surface area contributed by atoms with Crippen molar-refractivity contribution in [3.05, 3.63) is 22.7 Å². The molecule has 70 valence electrons. The van der Waals surface area contributed by atoms with Gasteiger partial charge in [0.2, 0.25) is 5.91 Å². The summed E-state index contributed by atoms with van der Waals surface area (Å²) in [6.45, 7) is 0. The van der Waals surface area contributed by atoms with E-state index in [-0.39, 0.29) is 17.0 Å². The van der Waals surface area contributed by atoms with Crippen LogP contribution in [0.5, 0.6) is 5.75 Å². The third-order valence-corrected chi connectivity index (χ3v) is 2.53. The monoisotopic (exact) mass is 307 g/mol. The lowest BCUT2D eigenvalue weighted by Crippen LogP contribution is -2.11. The second-order valence-electron chi connectivity index (χ2n) is 2.35. The average Bonchev–Trinajstić information content (AvgIpc) is 2.11. The van der Waals surface area contributed by atoms with Crippen LogP contribution in [0.3, 0.4) is 0 Å². The Balaban J connectivity index is 2.79. The number of carbonyl (C=O) groups excluding carboxylic acids is 1. The van der Waals surface area contributed by atoms with Crippen LogP contribution in [-0.4, -0.2) is 16.3 Å². The predicted molar refractivity (Wildman–Crippen MR) is 58.2 cm³/mol. The van der Waals surface area contributed by atoms with E-state index in [1.807, 2.05) is 0 Å². The third kappa shape index (κ3) is 3.00. The molecule has 5 heteroatoms. The molecule has 0 aromatic heterocycles. The fourth-order valence-electron chi connectivity index (χ4n) is 0.785. The van der Waals surface area contributed by atoms with E-state index in [9.17, 15) is 9.90 Å². The molecule has 1 amide bonds. The number of benzene rings is 1. The number of anilines is 1. The molecule has 0 radical (unpaired) electrons. The molecule has 1 aromatic rings. The first-order chi connectivity index (χ1) is 6.13. The zero-order valence-corrected chi connectivity index (χ0v) is 9.72. The van der Waals surface area contributed by atoms with Gasteiger partial charge in [0.15, 0.2) is 0 Å². The van der Waals surface area contributed by atoms with E-state index in [4.69, 9.17) is 0 Å². The highest BCUT2D eigenvalue weighted by molar-refractivity contribution is 9.10. The normalized spacial score (nSPS) is 9.69. The maximum atomic E-state index is 10.9. The number of amides is 1. The Hall–Kier alpha value is -0.550. The van der Waals surface area contributed by atoms with Crippen molar-refractivity contribution in [2.75, 3.05) is 10.6 Å². The van der Waals surface area contributed by atoms with Crippen molar-refractivity contribution in [3.63, 3.8) is 0 Å². The largest absolute Gasteiger partial charge is 0.507 e. The fourth-order valence-corrected chi connectivity index (χ4v) is 1.17. The topological polar surface area (TPSA) is 49.3 Å². The number of phenolic OH excluding ortho intramolecular Hbond substituents is 1. The van der Waals surface area contributed by atoms with Crippen LogP contribution < -0.4 is 5.32 Å². The number of hydrogen-bond donors (Lipinski definition) is 2. The quantitative estimate of drug-likeness (QED) is 0.825. The molecule has 0 atom stereocenters. The standard InChI is InChI=1S/C8H7Br2NO2/c9-4-8(13)11-5-1-2-6(10)7(12)3-5/h1-3,12H,4H2,(H,11,13). The van der Waals surface area contributed by atoms with Gasteiger partial charge in [0, 0.05) is 11.8 Å². The molecule has 1 aromatic carbocycles. The second-order valence-corrected chi connectivity index (χ2v) is 3.76. The predicted octanol–water partition coefficient (Wildman–Crippen LogP) is 2.49. The molecule has 0 saturated carbocycles. The van der Waals surface area contributed by atoms with Crippen LogP contribution in [0.1, 0.15) is 0 Å². The molecule has 0 spiro atoms. The lowest BCUT2D eigenvalue weighted by atomic mass is 10.3. The molecule has 0 aliphatic heterocycles. The van der Waals surface area contributed by atoms with Crippen molar-refractivity contribution < 1.29 is 9.90 Å². The number of hydrogen-bond acceptors (Lipinski definition) is 2. The molecule has 0 aliphatic rings. The van der Waals surface area contributed by atoms with Crippen LogP contribution >= 0.6 is 31.9 Å². The molecule has 3 nitrogen and oxygen atoms in total. The Labute approximate surface area is 92.4 Å². The first kappa shape index (κ1) is 10.5. The molecule has 13 heavy (non-hydrogen) atoms. The number of carbonyl (C=O) groups is 1. The average molecular weight is 309 g/mol. The van der Waals surface area contributed by atoms with Crippen molar-refractivity contribution in [2.24, 2.45) is 0 Å². The Morgan fingerprint density at radius 1 is 1.54 bits per heavy atom. The molecule has 0 bridgehead atoms. The van der Waals surface area contributed by atoms with Gasteiger partial charge in [-0.15, -0.1) is 0 Å². The molecular weight excluding hydrogens is 302 g/mol. The highest BCUT2D eigenvalue weighted by Gasteiger charge is 2.02. The highest BCUT2D eigenvalue weighted by atomic mass is 79.9. The lowest BCUT2D eigenvalue weighted by molar-refractivity contribution is -0.113. The maximum absolute atomic E-state index is 10.9. The SMILES string of the molecule is O=C(CBr)Nc1ccc(Br)c(O)c1. The number of alkyl halides is 1. The fraction of sp³-hybridized carbons (Fsp3) is 0.125. The zero-order chi connectivity index (χ0) is 9.84. The maximum Gasteiger partial charge on any atom is 0.235 e. The molecule has 0 unspecified atom stereocenters. The summed E-state index contributed by atoms with van der Waals surface area (Å²) in [4.78, 5) is 10.9. The van der Waals surface area contributed by atoms with E-state index >= 15 is 0 Å². The van der Waals surface area contributed by atoms with E-state index in [0.29, 0.717) is 10.2 Å². The second kappa shape index (κ2) is 4.62. The van der Waals surface area contributed by atoms with E-state index in [2.05, 4.69) is 37.2 Å². The van der Waals surface area contributed by atoms with Crippen molar-refractivity contribution in [2.45, 2.75) is 0 Å². The van der Waals surface area contributed by atoms with Gasteiger partial charge in [0.1, 0.15) is 5.75 Å². The summed E-state index contributed by atoms with van der Waals surface area (Å²) in [5, 5.41) is 12.1. The summed E-state index contributed by atoms with van der Waals surface area (Å²) in [5.74, 6) is -0.0471. The minimum absolute atomic E-state index is 0.104. The summed E-state index contributed by atoms with van der Waals surface area (Å²) in [5.41, 5.74) is 0.574. The van der Waals surface area contributed by atoms with Crippen molar-refractivity contribution in [1.82, 2.24) is 0 Å². The lowest BCUT2D eigenvalue weighted by Gasteiger charge is -2.03. The Bertz CT molecular complexity index is 328. The minimum atomic E-state index is -0.151. The number of rotatable bonds is 2. The minimum Gasteiger partial charge on any atom is -0.507 e. The zero-order valence-electron chi connectivity index (χ0n) is 6.55. The molecule has 1 rings (SSSR count). The van der Waals surface area contributed by atoms with Gasteiger partial charge < -0.3 is 10.4 Å². The molecule has 0 aliphatic carbocycles. The van der Waals surface area contributed by atoms with Crippen molar-refractivity contribution >= 4 is 43.5 Å². The van der Waals surface area contributed by atoms with Gasteiger partial charge >= 0.3 is 0 Å². The van der Waals surface area contributed by atoms with Crippen LogP contribution in [0.2, 0.25) is 0 Å². The summed E-state index contributed by atoms with van der Waals surface area (Å²) in [6, 6.07) is 4.84. The summed E-state index contributed by atoms with van der Waals surface area (Å²) in [6.07, 6.45) is 0. The van der Waals surface area contributed by atoms with Gasteiger partial charge in [-0.3, -0.25) is 4.79 Å². The van der Waals surface area contributed by atoms with Crippen LogP contribution in [0.25, 0.3) is 0 Å². The Morgan fingerprint density at radius 3 is 2.77 bits per heavy atom. The van der Waals surface area contributed by atoms with Crippen molar-refractivity contribution in [1.29, 1.82) is 0 Å². The van der Waals surface area contributed by atoms with Gasteiger partial charge in [0.05, 0.1) is 9.80 Å². The summed E-state index contributed by atoms with van der Waals surface area (Å²) < 4.78 is 0.601. The van der Waals surface area contributed by atoms with Crippen LogP contribution in [0.15, 0.2) is 22.7 Å². The summed E-state index contributed by atoms with van der Waals surface area (Å²) in [7, 11) is 0. The molecule has 0 saturated heterocycles. The number of aromatic hydroxyl groups is 1. The Morgan fingerprint density at radius 2 is 2.23 bits per heavy atom. The summed E-state index contributed by atoms with van der Waals surface area (Å²) >= 11 is 6.16. The van der Waals surface area contributed by atoms with Gasteiger partial charge in [-0.05, 0) is 28.1 Å². The molecule has 0 fully saturated rings. The van der Waals surface area contributed by atoms with Gasteiger partial charge in [-0.25, -0.2) is 0 Å². The van der Waals surface area contributed by atoms with E-state index in [1.54, 1.807) is 12.1 Å². The van der Waals surface area contributed by atoms with Crippen LogP contribution in [-0.2, 0) is 4.79 Å². The van der Waals surface area contributed by atoms with Crippen LogP contribution in [0, 0.1) is 0 Å². The number of nitrogens with one attached hydrogen (secondary N) is 1. The number of halogens is 2.